The fourth-order valence-electron chi connectivity index (χ4n) is 4.73. The Labute approximate surface area is 147 Å². The molecule has 0 spiro atoms. The van der Waals surface area contributed by atoms with E-state index in [2.05, 4.69) is 16.7 Å². The number of carbonyl (C=O) groups is 1. The number of hydrogen-bond acceptors (Lipinski definition) is 4. The van der Waals surface area contributed by atoms with E-state index in [0.29, 0.717) is 13.0 Å². The molecule has 0 bridgehead atoms. The first-order valence-corrected chi connectivity index (χ1v) is 10.0. The van der Waals surface area contributed by atoms with Gasteiger partial charge in [0.25, 0.3) is 0 Å². The zero-order chi connectivity index (χ0) is 16.9. The normalized spacial score (nSPS) is 31.6. The molecule has 0 saturated carbocycles. The van der Waals surface area contributed by atoms with E-state index in [1.807, 2.05) is 4.90 Å². The molecule has 3 fully saturated rings. The lowest BCUT2D eigenvalue weighted by atomic mass is 9.94. The van der Waals surface area contributed by atoms with E-state index in [1.165, 1.54) is 45.2 Å². The molecule has 3 unspecified atom stereocenters. The van der Waals surface area contributed by atoms with Crippen molar-refractivity contribution < 1.29 is 9.90 Å². The Morgan fingerprint density at radius 1 is 1.08 bits per heavy atom. The minimum Gasteiger partial charge on any atom is -0.390 e. The number of rotatable bonds is 6. The van der Waals surface area contributed by atoms with E-state index in [1.54, 1.807) is 0 Å². The minimum atomic E-state index is -0.403. The van der Waals surface area contributed by atoms with Gasteiger partial charge in [-0.1, -0.05) is 6.42 Å². The van der Waals surface area contributed by atoms with Gasteiger partial charge in [-0.3, -0.25) is 4.79 Å². The fraction of sp³-hybridized carbons (Fsp3) is 0.947. The second-order valence-electron chi connectivity index (χ2n) is 8.20. The molecule has 3 heterocycles. The average Bonchev–Trinajstić information content (AvgIpc) is 2.95. The van der Waals surface area contributed by atoms with Crippen LogP contribution in [0.3, 0.4) is 0 Å². The van der Waals surface area contributed by atoms with Crippen LogP contribution in [-0.2, 0) is 4.79 Å². The van der Waals surface area contributed by atoms with Crippen molar-refractivity contribution in [2.75, 3.05) is 45.8 Å². The minimum absolute atomic E-state index is 0.213. The highest BCUT2D eigenvalue weighted by Gasteiger charge is 2.28. The van der Waals surface area contributed by atoms with Gasteiger partial charge in [0, 0.05) is 45.2 Å². The highest BCUT2D eigenvalue weighted by Crippen LogP contribution is 2.23. The van der Waals surface area contributed by atoms with Gasteiger partial charge >= 0.3 is 0 Å². The molecular formula is C19H35N3O2. The summed E-state index contributed by atoms with van der Waals surface area (Å²) in [6.45, 7) is 9.11. The Balaban J connectivity index is 1.42. The van der Waals surface area contributed by atoms with Crippen molar-refractivity contribution >= 4 is 5.91 Å². The van der Waals surface area contributed by atoms with Gasteiger partial charge < -0.3 is 19.8 Å². The van der Waals surface area contributed by atoms with Crippen LogP contribution >= 0.6 is 0 Å². The van der Waals surface area contributed by atoms with E-state index >= 15 is 0 Å². The van der Waals surface area contributed by atoms with Gasteiger partial charge in [-0.2, -0.15) is 0 Å². The summed E-state index contributed by atoms with van der Waals surface area (Å²) in [6, 6.07) is 0.737. The van der Waals surface area contributed by atoms with Crippen molar-refractivity contribution in [3.8, 4) is 0 Å². The Kier molecular flexibility index (Phi) is 6.53. The smallest absolute Gasteiger partial charge is 0.222 e. The number of likely N-dealkylation sites (tertiary alicyclic amines) is 3. The number of aliphatic hydroxyl groups excluding tert-OH is 1. The Hall–Kier alpha value is -0.650. The number of β-amino-alcohol motifs (C(OH)–C–C–N with tert-alkyl or cyclic N) is 1. The third-order valence-corrected chi connectivity index (χ3v) is 6.11. The molecule has 3 aliphatic heterocycles. The highest BCUT2D eigenvalue weighted by molar-refractivity contribution is 5.78. The molecule has 1 N–H and O–H groups in total. The molecule has 24 heavy (non-hydrogen) atoms. The van der Waals surface area contributed by atoms with Crippen LogP contribution in [0.15, 0.2) is 0 Å². The Morgan fingerprint density at radius 2 is 1.96 bits per heavy atom. The molecule has 3 atom stereocenters. The van der Waals surface area contributed by atoms with Gasteiger partial charge in [0.2, 0.25) is 5.91 Å². The molecule has 1 amide bonds. The lowest BCUT2D eigenvalue weighted by Gasteiger charge is -2.40. The van der Waals surface area contributed by atoms with Crippen molar-refractivity contribution in [2.24, 2.45) is 5.92 Å². The summed E-state index contributed by atoms with van der Waals surface area (Å²) >= 11 is 0. The molecule has 5 nitrogen and oxygen atoms in total. The Morgan fingerprint density at radius 3 is 2.71 bits per heavy atom. The fourth-order valence-corrected chi connectivity index (χ4v) is 4.73. The number of hydrogen-bond donors (Lipinski definition) is 1. The number of nitrogens with zero attached hydrogens (tertiary/aromatic N) is 3. The summed E-state index contributed by atoms with van der Waals surface area (Å²) in [6.07, 6.45) is 7.85. The second kappa shape index (κ2) is 8.63. The molecule has 0 aromatic rings. The first-order valence-electron chi connectivity index (χ1n) is 10.0. The van der Waals surface area contributed by atoms with Crippen LogP contribution in [0.1, 0.15) is 51.9 Å². The first-order chi connectivity index (χ1) is 11.6. The SMILES string of the molecule is CC1CCCCN1CC1CCCN(CC(O)CN2CCCC2=O)C1. The van der Waals surface area contributed by atoms with Gasteiger partial charge in [-0.05, 0) is 58.0 Å². The molecule has 0 aromatic carbocycles. The molecule has 3 saturated heterocycles. The van der Waals surface area contributed by atoms with Crippen LogP contribution in [0.2, 0.25) is 0 Å². The summed E-state index contributed by atoms with van der Waals surface area (Å²) in [5, 5.41) is 10.4. The molecule has 5 heteroatoms. The number of aliphatic hydroxyl groups is 1. The molecule has 3 rings (SSSR count). The standard InChI is InChI=1S/C19H35N3O2/c1-16-6-2-3-10-21(16)13-17-7-4-9-20(12-17)14-18(23)15-22-11-5-8-19(22)24/h16-18,23H,2-15H2,1H3. The van der Waals surface area contributed by atoms with Gasteiger partial charge in [0.15, 0.2) is 0 Å². The summed E-state index contributed by atoms with van der Waals surface area (Å²) in [4.78, 5) is 18.6. The van der Waals surface area contributed by atoms with Crippen LogP contribution in [0.25, 0.3) is 0 Å². The lowest BCUT2D eigenvalue weighted by molar-refractivity contribution is -0.129. The highest BCUT2D eigenvalue weighted by atomic mass is 16.3. The summed E-state index contributed by atoms with van der Waals surface area (Å²) in [5.74, 6) is 0.949. The quantitative estimate of drug-likeness (QED) is 0.799. The number of piperidine rings is 2. The second-order valence-corrected chi connectivity index (χ2v) is 8.20. The molecule has 0 aliphatic carbocycles. The van der Waals surface area contributed by atoms with Crippen molar-refractivity contribution in [1.29, 1.82) is 0 Å². The van der Waals surface area contributed by atoms with Gasteiger partial charge in [0.05, 0.1) is 6.10 Å². The van der Waals surface area contributed by atoms with Crippen LogP contribution in [0.5, 0.6) is 0 Å². The lowest BCUT2D eigenvalue weighted by Crippen LogP contribution is -2.48. The van der Waals surface area contributed by atoms with Crippen LogP contribution in [0, 0.1) is 5.92 Å². The van der Waals surface area contributed by atoms with Crippen molar-refractivity contribution in [3.63, 3.8) is 0 Å². The van der Waals surface area contributed by atoms with Crippen LogP contribution in [-0.4, -0.2) is 83.7 Å². The molecule has 3 aliphatic rings. The summed E-state index contributed by atoms with van der Waals surface area (Å²) < 4.78 is 0. The maximum absolute atomic E-state index is 11.7. The van der Waals surface area contributed by atoms with Crippen molar-refractivity contribution in [2.45, 2.75) is 64.0 Å². The van der Waals surface area contributed by atoms with E-state index in [0.717, 1.165) is 44.6 Å². The van der Waals surface area contributed by atoms with Crippen molar-refractivity contribution in [1.82, 2.24) is 14.7 Å². The summed E-state index contributed by atoms with van der Waals surface area (Å²) in [7, 11) is 0. The Bertz CT molecular complexity index is 417. The zero-order valence-corrected chi connectivity index (χ0v) is 15.3. The van der Waals surface area contributed by atoms with E-state index in [4.69, 9.17) is 0 Å². The summed E-state index contributed by atoms with van der Waals surface area (Å²) in [5.41, 5.74) is 0. The van der Waals surface area contributed by atoms with E-state index < -0.39 is 6.10 Å². The van der Waals surface area contributed by atoms with Crippen LogP contribution < -0.4 is 0 Å². The van der Waals surface area contributed by atoms with Crippen molar-refractivity contribution in [3.05, 3.63) is 0 Å². The maximum Gasteiger partial charge on any atom is 0.222 e. The molecule has 0 aromatic heterocycles. The predicted molar refractivity (Wildman–Crippen MR) is 95.9 cm³/mol. The van der Waals surface area contributed by atoms with Crippen LogP contribution in [0.4, 0.5) is 0 Å². The van der Waals surface area contributed by atoms with E-state index in [9.17, 15) is 9.90 Å². The van der Waals surface area contributed by atoms with Gasteiger partial charge in [0.1, 0.15) is 0 Å². The first kappa shape index (κ1) is 18.2. The zero-order valence-electron chi connectivity index (χ0n) is 15.3. The third kappa shape index (κ3) is 4.93. The number of carbonyl (C=O) groups excluding carboxylic acids is 1. The maximum atomic E-state index is 11.7. The van der Waals surface area contributed by atoms with Gasteiger partial charge in [-0.15, -0.1) is 0 Å². The third-order valence-electron chi connectivity index (χ3n) is 6.11. The molecule has 138 valence electrons. The molecule has 0 radical (unpaired) electrons. The average molecular weight is 338 g/mol. The predicted octanol–water partition coefficient (Wildman–Crippen LogP) is 1.56. The monoisotopic (exact) mass is 337 g/mol. The largest absolute Gasteiger partial charge is 0.390 e. The van der Waals surface area contributed by atoms with Gasteiger partial charge in [-0.25, -0.2) is 0 Å². The molecular weight excluding hydrogens is 302 g/mol. The number of amides is 1. The topological polar surface area (TPSA) is 47.0 Å². The van der Waals surface area contributed by atoms with E-state index in [-0.39, 0.29) is 5.91 Å².